The lowest BCUT2D eigenvalue weighted by Crippen LogP contribution is -2.30. The molecule has 1 fully saturated rings. The second-order valence-corrected chi connectivity index (χ2v) is 7.55. The number of amides is 1. The maximum Gasteiger partial charge on any atom is 0.295 e. The third kappa shape index (κ3) is 4.43. The molecule has 164 valence electrons. The molecule has 6 nitrogen and oxygen atoms in total. The Morgan fingerprint density at radius 2 is 1.81 bits per heavy atom. The van der Waals surface area contributed by atoms with Crippen LogP contribution in [0, 0.1) is 6.92 Å². The zero-order valence-corrected chi connectivity index (χ0v) is 18.5. The third-order valence-corrected chi connectivity index (χ3v) is 5.41. The van der Waals surface area contributed by atoms with Crippen molar-refractivity contribution in [2.75, 3.05) is 20.3 Å². The number of unbranched alkanes of at least 4 members (excludes halogenated alkanes) is 1. The molecule has 1 atom stereocenters. The van der Waals surface area contributed by atoms with Crippen LogP contribution in [0.4, 0.5) is 0 Å². The molecule has 2 aromatic rings. The van der Waals surface area contributed by atoms with Gasteiger partial charge in [0.2, 0.25) is 0 Å². The predicted octanol–water partition coefficient (Wildman–Crippen LogP) is 4.62. The van der Waals surface area contributed by atoms with Crippen molar-refractivity contribution >= 4 is 17.4 Å². The maximum absolute atomic E-state index is 13.1. The van der Waals surface area contributed by atoms with Gasteiger partial charge in [-0.2, -0.15) is 0 Å². The number of aliphatic hydroxyl groups is 1. The highest BCUT2D eigenvalue weighted by molar-refractivity contribution is 6.46. The Morgan fingerprint density at radius 3 is 2.42 bits per heavy atom. The highest BCUT2D eigenvalue weighted by Crippen LogP contribution is 2.41. The van der Waals surface area contributed by atoms with Gasteiger partial charge in [0.25, 0.3) is 11.7 Å². The number of ketones is 1. The number of hydrogen-bond acceptors (Lipinski definition) is 5. The number of benzene rings is 2. The lowest BCUT2D eigenvalue weighted by Gasteiger charge is -2.25. The molecular weight excluding hydrogens is 394 g/mol. The normalized spacial score (nSPS) is 17.8. The minimum Gasteiger partial charge on any atom is -0.507 e. The summed E-state index contributed by atoms with van der Waals surface area (Å²) in [5, 5.41) is 11.2. The molecule has 1 unspecified atom stereocenters. The van der Waals surface area contributed by atoms with Gasteiger partial charge in [-0.3, -0.25) is 9.59 Å². The van der Waals surface area contributed by atoms with E-state index in [1.54, 1.807) is 17.0 Å². The van der Waals surface area contributed by atoms with Gasteiger partial charge in [0.1, 0.15) is 17.3 Å². The molecule has 31 heavy (non-hydrogen) atoms. The van der Waals surface area contributed by atoms with Crippen LogP contribution in [0.25, 0.3) is 5.76 Å². The molecule has 0 bridgehead atoms. The summed E-state index contributed by atoms with van der Waals surface area (Å²) in [6, 6.07) is 12.0. The van der Waals surface area contributed by atoms with Gasteiger partial charge in [0.15, 0.2) is 0 Å². The average molecular weight is 424 g/mol. The van der Waals surface area contributed by atoms with Gasteiger partial charge in [-0.25, -0.2) is 0 Å². The highest BCUT2D eigenvalue weighted by atomic mass is 16.5. The molecule has 1 heterocycles. The number of hydrogen-bond donors (Lipinski definition) is 1. The molecule has 0 aliphatic carbocycles. The Labute approximate surface area is 183 Å². The zero-order chi connectivity index (χ0) is 22.5. The number of aliphatic hydroxyl groups excluding tert-OH is 1. The summed E-state index contributed by atoms with van der Waals surface area (Å²) in [7, 11) is 1.51. The number of ether oxygens (including phenoxy) is 2. The standard InChI is InChI=1S/C25H29NO5/c1-5-7-14-26-22(17-9-11-18(12-10-17)31-6-2)21(24(28)25(26)29)23(27)19-15-16(3)8-13-20(19)30-4/h8-13,15,22,27H,5-7,14H2,1-4H3/b23-21+. The van der Waals surface area contributed by atoms with Gasteiger partial charge < -0.3 is 19.5 Å². The summed E-state index contributed by atoms with van der Waals surface area (Å²) in [5.41, 5.74) is 2.12. The van der Waals surface area contributed by atoms with Crippen molar-refractivity contribution in [2.45, 2.75) is 39.7 Å². The first-order valence-electron chi connectivity index (χ1n) is 10.6. The zero-order valence-electron chi connectivity index (χ0n) is 18.5. The summed E-state index contributed by atoms with van der Waals surface area (Å²) >= 11 is 0. The molecule has 0 saturated carbocycles. The summed E-state index contributed by atoms with van der Waals surface area (Å²) in [4.78, 5) is 27.5. The summed E-state index contributed by atoms with van der Waals surface area (Å²) in [5.74, 6) is -0.362. The number of Topliss-reactive ketones (excluding diaryl/α,β-unsaturated/α-hetero) is 1. The quantitative estimate of drug-likeness (QED) is 0.381. The number of nitrogens with zero attached hydrogens (tertiary/aromatic N) is 1. The van der Waals surface area contributed by atoms with Crippen molar-refractivity contribution in [3.05, 3.63) is 64.7 Å². The first-order chi connectivity index (χ1) is 14.9. The molecule has 1 aliphatic heterocycles. The van der Waals surface area contributed by atoms with Crippen molar-refractivity contribution in [1.82, 2.24) is 4.90 Å². The van der Waals surface area contributed by atoms with Crippen molar-refractivity contribution in [3.63, 3.8) is 0 Å². The van der Waals surface area contributed by atoms with E-state index in [1.807, 2.05) is 51.1 Å². The van der Waals surface area contributed by atoms with Crippen molar-refractivity contribution in [2.24, 2.45) is 0 Å². The molecule has 2 aromatic carbocycles. The van der Waals surface area contributed by atoms with E-state index in [-0.39, 0.29) is 11.3 Å². The van der Waals surface area contributed by atoms with Crippen LogP contribution >= 0.6 is 0 Å². The van der Waals surface area contributed by atoms with E-state index in [9.17, 15) is 14.7 Å². The smallest absolute Gasteiger partial charge is 0.295 e. The highest BCUT2D eigenvalue weighted by Gasteiger charge is 2.46. The van der Waals surface area contributed by atoms with Crippen LogP contribution < -0.4 is 9.47 Å². The number of methoxy groups -OCH3 is 1. The Morgan fingerprint density at radius 1 is 1.10 bits per heavy atom. The van der Waals surface area contributed by atoms with Gasteiger partial charge >= 0.3 is 0 Å². The van der Waals surface area contributed by atoms with E-state index in [1.165, 1.54) is 7.11 Å². The predicted molar refractivity (Wildman–Crippen MR) is 119 cm³/mol. The fraction of sp³-hybridized carbons (Fsp3) is 0.360. The van der Waals surface area contributed by atoms with Crippen LogP contribution in [0.5, 0.6) is 11.5 Å². The van der Waals surface area contributed by atoms with Crippen LogP contribution in [0.1, 0.15) is 49.4 Å². The topological polar surface area (TPSA) is 76.1 Å². The van der Waals surface area contributed by atoms with Gasteiger partial charge in [0, 0.05) is 6.54 Å². The van der Waals surface area contributed by atoms with E-state index in [4.69, 9.17) is 9.47 Å². The summed E-state index contributed by atoms with van der Waals surface area (Å²) in [6.07, 6.45) is 1.64. The number of likely N-dealkylation sites (tertiary alicyclic amines) is 1. The van der Waals surface area contributed by atoms with Gasteiger partial charge in [-0.1, -0.05) is 37.1 Å². The summed E-state index contributed by atoms with van der Waals surface area (Å²) in [6.45, 7) is 6.80. The van der Waals surface area contributed by atoms with Gasteiger partial charge in [-0.15, -0.1) is 0 Å². The molecular formula is C25H29NO5. The maximum atomic E-state index is 13.1. The SMILES string of the molecule is CCCCN1C(=O)C(=O)/C(=C(/O)c2cc(C)ccc2OC)C1c1ccc(OCC)cc1. The number of aryl methyl sites for hydroxylation is 1. The molecule has 1 saturated heterocycles. The first-order valence-corrected chi connectivity index (χ1v) is 10.6. The Bertz CT molecular complexity index is 993. The molecule has 0 spiro atoms. The molecule has 0 radical (unpaired) electrons. The van der Waals surface area contributed by atoms with Crippen LogP contribution in [0.15, 0.2) is 48.0 Å². The minimum atomic E-state index is -0.684. The Balaban J connectivity index is 2.17. The number of rotatable bonds is 8. The van der Waals surface area contributed by atoms with Crippen molar-refractivity contribution < 1.29 is 24.2 Å². The Hall–Kier alpha value is -3.28. The van der Waals surface area contributed by atoms with E-state index in [0.29, 0.717) is 30.2 Å². The van der Waals surface area contributed by atoms with Crippen molar-refractivity contribution in [3.8, 4) is 11.5 Å². The van der Waals surface area contributed by atoms with E-state index in [2.05, 4.69) is 0 Å². The lowest BCUT2D eigenvalue weighted by atomic mass is 9.94. The molecule has 0 aromatic heterocycles. The monoisotopic (exact) mass is 423 g/mol. The minimum absolute atomic E-state index is 0.0779. The number of carbonyl (C=O) groups excluding carboxylic acids is 2. The van der Waals surface area contributed by atoms with E-state index < -0.39 is 17.7 Å². The van der Waals surface area contributed by atoms with Crippen molar-refractivity contribution in [1.29, 1.82) is 0 Å². The molecule has 1 aliphatic rings. The molecule has 1 amide bonds. The van der Waals surface area contributed by atoms with Crippen LogP contribution in [-0.2, 0) is 9.59 Å². The first kappa shape index (κ1) is 22.4. The third-order valence-electron chi connectivity index (χ3n) is 5.41. The molecule has 1 N–H and O–H groups in total. The largest absolute Gasteiger partial charge is 0.507 e. The van der Waals surface area contributed by atoms with Crippen LogP contribution in [0.2, 0.25) is 0 Å². The van der Waals surface area contributed by atoms with E-state index >= 15 is 0 Å². The van der Waals surface area contributed by atoms with Gasteiger partial charge in [0.05, 0.1) is 30.9 Å². The van der Waals surface area contributed by atoms with Crippen LogP contribution in [-0.4, -0.2) is 42.0 Å². The lowest BCUT2D eigenvalue weighted by molar-refractivity contribution is -0.139. The number of carbonyl (C=O) groups is 2. The second-order valence-electron chi connectivity index (χ2n) is 7.55. The Kier molecular flexibility index (Phi) is 7.00. The van der Waals surface area contributed by atoms with Gasteiger partial charge in [-0.05, 0) is 50.1 Å². The van der Waals surface area contributed by atoms with E-state index in [0.717, 1.165) is 24.0 Å². The molecule has 3 rings (SSSR count). The second kappa shape index (κ2) is 9.69. The average Bonchev–Trinajstić information content (AvgIpc) is 3.02. The summed E-state index contributed by atoms with van der Waals surface area (Å²) < 4.78 is 10.9. The molecule has 6 heteroatoms. The van der Waals surface area contributed by atoms with Crippen LogP contribution in [0.3, 0.4) is 0 Å². The fourth-order valence-corrected chi connectivity index (χ4v) is 3.85. The fourth-order valence-electron chi connectivity index (χ4n) is 3.85.